The molecular formula is C22H27N3O3. The van der Waals surface area contributed by atoms with Crippen molar-refractivity contribution >= 4 is 11.8 Å². The summed E-state index contributed by atoms with van der Waals surface area (Å²) < 4.78 is 5.08. The summed E-state index contributed by atoms with van der Waals surface area (Å²) in [5.74, 6) is 0.716. The van der Waals surface area contributed by atoms with Gasteiger partial charge >= 0.3 is 0 Å². The van der Waals surface area contributed by atoms with E-state index in [1.54, 1.807) is 6.07 Å². The summed E-state index contributed by atoms with van der Waals surface area (Å²) >= 11 is 0. The van der Waals surface area contributed by atoms with Crippen molar-refractivity contribution in [3.63, 3.8) is 0 Å². The first-order valence-electron chi connectivity index (χ1n) is 9.77. The van der Waals surface area contributed by atoms with E-state index >= 15 is 0 Å². The minimum absolute atomic E-state index is 0.0119. The average Bonchev–Trinajstić information content (AvgIpc) is 3.37. The van der Waals surface area contributed by atoms with Crippen LogP contribution in [0.15, 0.2) is 47.3 Å². The van der Waals surface area contributed by atoms with Gasteiger partial charge in [-0.15, -0.1) is 0 Å². The van der Waals surface area contributed by atoms with Gasteiger partial charge in [0.2, 0.25) is 5.91 Å². The fraction of sp³-hybridized carbons (Fsp3) is 0.455. The number of hydrogen-bond donors (Lipinski definition) is 0. The number of fused-ring (bicyclic) bond motifs is 1. The van der Waals surface area contributed by atoms with E-state index in [0.29, 0.717) is 37.7 Å². The first kappa shape index (κ1) is 18.7. The Labute approximate surface area is 165 Å². The Hall–Kier alpha value is -2.60. The molecule has 0 aliphatic carbocycles. The molecule has 1 aromatic carbocycles. The number of carbonyl (C=O) groups excluding carboxylic acids is 2. The molecule has 1 aromatic heterocycles. The van der Waals surface area contributed by atoms with E-state index in [9.17, 15) is 9.59 Å². The maximum absolute atomic E-state index is 13.0. The molecule has 6 heteroatoms. The van der Waals surface area contributed by atoms with Crippen LogP contribution in [0.2, 0.25) is 0 Å². The summed E-state index contributed by atoms with van der Waals surface area (Å²) in [6, 6.07) is 10.0. The second-order valence-electron chi connectivity index (χ2n) is 8.23. The highest BCUT2D eigenvalue weighted by atomic mass is 16.3. The molecule has 6 nitrogen and oxygen atoms in total. The maximum Gasteiger partial charge on any atom is 0.257 e. The molecule has 0 radical (unpaired) electrons. The molecule has 4 rings (SSSR count). The Balaban J connectivity index is 1.62. The van der Waals surface area contributed by atoms with Crippen molar-refractivity contribution in [2.24, 2.45) is 11.8 Å². The zero-order valence-corrected chi connectivity index (χ0v) is 16.7. The van der Waals surface area contributed by atoms with Crippen LogP contribution in [0.25, 0.3) is 0 Å². The molecule has 2 amide bonds. The van der Waals surface area contributed by atoms with Crippen LogP contribution in [0.4, 0.5) is 0 Å². The third-order valence-corrected chi connectivity index (χ3v) is 6.00. The van der Waals surface area contributed by atoms with Gasteiger partial charge in [0.05, 0.1) is 24.4 Å². The van der Waals surface area contributed by atoms with E-state index in [0.717, 1.165) is 0 Å². The largest absolute Gasteiger partial charge is 0.472 e. The van der Waals surface area contributed by atoms with Crippen LogP contribution in [-0.2, 0) is 4.79 Å². The second-order valence-corrected chi connectivity index (χ2v) is 8.23. The molecule has 2 aliphatic rings. The van der Waals surface area contributed by atoms with Crippen molar-refractivity contribution < 1.29 is 14.0 Å². The third-order valence-electron chi connectivity index (χ3n) is 6.00. The van der Waals surface area contributed by atoms with E-state index in [-0.39, 0.29) is 23.8 Å². The van der Waals surface area contributed by atoms with Crippen molar-refractivity contribution in [3.05, 3.63) is 59.5 Å². The Kier molecular flexibility index (Phi) is 4.98. The minimum Gasteiger partial charge on any atom is -0.472 e. The highest BCUT2D eigenvalue weighted by Gasteiger charge is 2.50. The molecule has 0 bridgehead atoms. The molecular weight excluding hydrogens is 354 g/mol. The molecule has 0 spiro atoms. The van der Waals surface area contributed by atoms with Gasteiger partial charge in [-0.2, -0.15) is 0 Å². The van der Waals surface area contributed by atoms with Crippen molar-refractivity contribution in [1.82, 2.24) is 14.7 Å². The molecule has 2 fully saturated rings. The number of carbonyl (C=O) groups is 2. The molecule has 0 saturated carbocycles. The fourth-order valence-corrected chi connectivity index (χ4v) is 4.71. The zero-order valence-electron chi connectivity index (χ0n) is 16.7. The van der Waals surface area contributed by atoms with Crippen LogP contribution >= 0.6 is 0 Å². The van der Waals surface area contributed by atoms with Crippen LogP contribution in [0.1, 0.15) is 27.5 Å². The summed E-state index contributed by atoms with van der Waals surface area (Å²) in [5, 5.41) is 0. The predicted molar refractivity (Wildman–Crippen MR) is 106 cm³/mol. The highest BCUT2D eigenvalue weighted by molar-refractivity contribution is 5.94. The molecule has 3 heterocycles. The number of amides is 2. The van der Waals surface area contributed by atoms with Crippen molar-refractivity contribution in [2.45, 2.75) is 13.0 Å². The van der Waals surface area contributed by atoms with E-state index in [1.165, 1.54) is 23.7 Å². The number of benzene rings is 1. The van der Waals surface area contributed by atoms with Crippen molar-refractivity contribution in [1.29, 1.82) is 0 Å². The van der Waals surface area contributed by atoms with Crippen LogP contribution in [0.3, 0.4) is 0 Å². The number of aryl methyl sites for hydroxylation is 1. The van der Waals surface area contributed by atoms with Crippen LogP contribution in [0, 0.1) is 18.8 Å². The van der Waals surface area contributed by atoms with Crippen LogP contribution in [-0.4, -0.2) is 66.8 Å². The number of likely N-dealkylation sites (tertiary alicyclic amines) is 2. The molecule has 3 atom stereocenters. The maximum atomic E-state index is 13.0. The van der Waals surface area contributed by atoms with Gasteiger partial charge in [0.15, 0.2) is 0 Å². The highest BCUT2D eigenvalue weighted by Crippen LogP contribution is 2.46. The summed E-state index contributed by atoms with van der Waals surface area (Å²) in [6.07, 6.45) is 3.03. The standard InChI is InChI=1S/C22H27N3O3/c1-15-6-4-5-7-18(15)21-19-12-24(22(27)16-8-9-28-14-16)10-17(19)11-25(21)20(26)13-23(2)3/h4-9,14,17,19,21H,10-13H2,1-3H3/t17-,19-,21+/m1/s1. The molecule has 28 heavy (non-hydrogen) atoms. The van der Waals surface area contributed by atoms with Gasteiger partial charge in [-0.1, -0.05) is 24.3 Å². The van der Waals surface area contributed by atoms with Gasteiger partial charge in [-0.25, -0.2) is 0 Å². The summed E-state index contributed by atoms with van der Waals surface area (Å²) in [5.41, 5.74) is 2.98. The quantitative estimate of drug-likeness (QED) is 0.816. The number of rotatable bonds is 4. The van der Waals surface area contributed by atoms with E-state index < -0.39 is 0 Å². The van der Waals surface area contributed by atoms with E-state index in [4.69, 9.17) is 4.42 Å². The minimum atomic E-state index is 0.0119. The Morgan fingerprint density at radius 2 is 1.93 bits per heavy atom. The van der Waals surface area contributed by atoms with Gasteiger partial charge in [-0.05, 0) is 38.2 Å². The lowest BCUT2D eigenvalue weighted by molar-refractivity contribution is -0.133. The van der Waals surface area contributed by atoms with Gasteiger partial charge < -0.3 is 19.1 Å². The van der Waals surface area contributed by atoms with Gasteiger partial charge in [0, 0.05) is 31.5 Å². The third kappa shape index (κ3) is 3.33. The van der Waals surface area contributed by atoms with Crippen LogP contribution in [0.5, 0.6) is 0 Å². The lowest BCUT2D eigenvalue weighted by Crippen LogP contribution is -2.41. The normalized spacial score (nSPS) is 24.1. The van der Waals surface area contributed by atoms with Crippen molar-refractivity contribution in [3.8, 4) is 0 Å². The Morgan fingerprint density at radius 1 is 1.14 bits per heavy atom. The topological polar surface area (TPSA) is 57.0 Å². The average molecular weight is 381 g/mol. The fourth-order valence-electron chi connectivity index (χ4n) is 4.71. The zero-order chi connectivity index (χ0) is 19.8. The van der Waals surface area contributed by atoms with E-state index in [1.807, 2.05) is 40.9 Å². The summed E-state index contributed by atoms with van der Waals surface area (Å²) in [7, 11) is 3.84. The van der Waals surface area contributed by atoms with Gasteiger partial charge in [-0.3, -0.25) is 9.59 Å². The second kappa shape index (κ2) is 7.43. The number of likely N-dealkylation sites (N-methyl/N-ethyl adjacent to an activating group) is 1. The molecule has 2 aromatic rings. The lowest BCUT2D eigenvalue weighted by atomic mass is 9.87. The first-order chi connectivity index (χ1) is 13.5. The predicted octanol–water partition coefficient (Wildman–Crippen LogP) is 2.42. The molecule has 2 saturated heterocycles. The smallest absolute Gasteiger partial charge is 0.257 e. The Morgan fingerprint density at radius 3 is 2.61 bits per heavy atom. The Bertz CT molecular complexity index is 862. The number of hydrogen-bond acceptors (Lipinski definition) is 4. The number of furan rings is 1. The summed E-state index contributed by atoms with van der Waals surface area (Å²) in [4.78, 5) is 31.6. The van der Waals surface area contributed by atoms with Gasteiger partial charge in [0.25, 0.3) is 5.91 Å². The van der Waals surface area contributed by atoms with Gasteiger partial charge in [0.1, 0.15) is 6.26 Å². The number of nitrogens with zero attached hydrogens (tertiary/aromatic N) is 3. The first-order valence-corrected chi connectivity index (χ1v) is 9.77. The molecule has 2 aliphatic heterocycles. The molecule has 0 N–H and O–H groups in total. The molecule has 148 valence electrons. The van der Waals surface area contributed by atoms with E-state index in [2.05, 4.69) is 19.1 Å². The SMILES string of the molecule is Cc1ccccc1[C@H]1[C@@H]2CN(C(=O)c3ccoc3)C[C@@H]2CN1C(=O)CN(C)C. The summed E-state index contributed by atoms with van der Waals surface area (Å²) in [6.45, 7) is 4.55. The lowest BCUT2D eigenvalue weighted by Gasteiger charge is -2.31. The molecule has 0 unspecified atom stereocenters. The van der Waals surface area contributed by atoms with Crippen LogP contribution < -0.4 is 0 Å². The van der Waals surface area contributed by atoms with Crippen molar-refractivity contribution in [2.75, 3.05) is 40.3 Å². The monoisotopic (exact) mass is 381 g/mol.